The predicted octanol–water partition coefficient (Wildman–Crippen LogP) is 4.04. The summed E-state index contributed by atoms with van der Waals surface area (Å²) in [4.78, 5) is 124. The number of benzene rings is 1. The van der Waals surface area contributed by atoms with Gasteiger partial charge in [-0.2, -0.15) is 0 Å². The molecule has 0 heterocycles. The number of nitrogens with one attached hydrogen (secondary N) is 7. The average Bonchev–Trinajstić information content (AvgIpc) is 3.25. The largest absolute Gasteiger partial charge is 0.488 e. The Morgan fingerprint density at radius 3 is 1.51 bits per heavy atom. The molecule has 9 N–H and O–H groups in total. The van der Waals surface area contributed by atoms with Crippen LogP contribution < -0.4 is 47.7 Å². The molecule has 0 aliphatic heterocycles. The predicted molar refractivity (Wildman–Crippen MR) is 270 cm³/mol. The topological polar surface area (TPSA) is 292 Å². The molecule has 2 saturated carbocycles. The Labute approximate surface area is 425 Å². The van der Waals surface area contributed by atoms with E-state index in [1.807, 2.05) is 20.8 Å². The van der Waals surface area contributed by atoms with E-state index in [0.29, 0.717) is 37.0 Å². The Balaban J connectivity index is 1.98. The number of carbonyl (C=O) groups is 9. The van der Waals surface area contributed by atoms with Gasteiger partial charge >= 0.3 is 12.1 Å². The van der Waals surface area contributed by atoms with Crippen LogP contribution in [-0.2, 0) is 54.3 Å². The van der Waals surface area contributed by atoms with Gasteiger partial charge in [-0.25, -0.2) is 4.79 Å². The zero-order chi connectivity index (χ0) is 54.4. The van der Waals surface area contributed by atoms with Crippen LogP contribution in [0.2, 0.25) is 0 Å². The second-order valence-corrected chi connectivity index (χ2v) is 23.0. The molecule has 72 heavy (non-hydrogen) atoms. The summed E-state index contributed by atoms with van der Waals surface area (Å²) in [5.41, 5.74) is 0.503. The van der Waals surface area contributed by atoms with Gasteiger partial charge in [0.2, 0.25) is 41.4 Å². The SMILES string of the molecule is CC(C)[C@H](NC(=O)[C@H](CC(=O)OC(C)(C)C)NC(=O)C1(NC(=O)C2(NC(=O)[C@H](Cc3ccc(OC(C)(C)C)cc3)NC(=O)OC(C)(C)C)CCCCC2)CCCCC1)C(=O)N[C@H](C(=O)NCC(N)=O)C(C)C. The number of nitrogens with two attached hydrogens (primary N) is 1. The molecule has 0 saturated heterocycles. The van der Waals surface area contributed by atoms with Crippen molar-refractivity contribution < 1.29 is 57.4 Å². The van der Waals surface area contributed by atoms with Gasteiger partial charge in [-0.15, -0.1) is 0 Å². The first kappa shape index (κ1) is 60.4. The lowest BCUT2D eigenvalue weighted by Gasteiger charge is -2.43. The van der Waals surface area contributed by atoms with E-state index >= 15 is 4.79 Å². The number of hydrogen-bond acceptors (Lipinski definition) is 12. The zero-order valence-corrected chi connectivity index (χ0v) is 44.9. The van der Waals surface area contributed by atoms with Gasteiger partial charge in [-0.1, -0.05) is 78.4 Å². The minimum absolute atomic E-state index is 0.0376. The molecular formula is C52H84N8O12. The van der Waals surface area contributed by atoms with Crippen LogP contribution in [0.25, 0.3) is 0 Å². The van der Waals surface area contributed by atoms with Crippen LogP contribution in [-0.4, -0.2) is 112 Å². The molecule has 0 radical (unpaired) electrons. The van der Waals surface area contributed by atoms with Gasteiger partial charge in [0.15, 0.2) is 0 Å². The van der Waals surface area contributed by atoms with Gasteiger partial charge in [0.1, 0.15) is 57.8 Å². The van der Waals surface area contributed by atoms with Gasteiger partial charge < -0.3 is 57.2 Å². The van der Waals surface area contributed by atoms with E-state index in [0.717, 1.165) is 12.8 Å². The summed E-state index contributed by atoms with van der Waals surface area (Å²) in [5, 5.41) is 19.2. The summed E-state index contributed by atoms with van der Waals surface area (Å²) >= 11 is 0. The van der Waals surface area contributed by atoms with Crippen LogP contribution in [0.5, 0.6) is 5.75 Å². The molecule has 0 bridgehead atoms. The molecule has 0 unspecified atom stereocenters. The normalized spacial score (nSPS) is 17.4. The third-order valence-electron chi connectivity index (χ3n) is 12.1. The minimum atomic E-state index is -1.60. The third kappa shape index (κ3) is 19.6. The maximum Gasteiger partial charge on any atom is 0.408 e. The van der Waals surface area contributed by atoms with E-state index in [4.69, 9.17) is 19.9 Å². The Morgan fingerprint density at radius 2 is 1.04 bits per heavy atom. The summed E-state index contributed by atoms with van der Waals surface area (Å²) in [6.45, 7) is 22.0. The first-order valence-electron chi connectivity index (χ1n) is 25.4. The first-order valence-corrected chi connectivity index (χ1v) is 25.4. The Kier molecular flexibility index (Phi) is 21.5. The standard InChI is InChI=1S/C52H84N8O12/c1-31(2)39(43(65)54-30-37(53)61)58-44(66)40(32(3)4)57-41(63)36(29-38(62)71-49(8,9)10)55-45(67)51(24-16-14-17-25-51)60-46(68)52(26-18-15-19-27-52)59-42(64)35(56-47(69)72-50(11,12)13)28-33-20-22-34(23-21-33)70-48(5,6)7/h20-23,31-32,35-36,39-40H,14-19,24-30H2,1-13H3,(H2,53,61)(H,54,65)(H,55,67)(H,56,69)(H,57,63)(H,58,66)(H,59,64)(H,60,68)/t35-,36-,39-,40-/m0/s1. The fourth-order valence-electron chi connectivity index (χ4n) is 8.64. The molecule has 20 heteroatoms. The van der Waals surface area contributed by atoms with Gasteiger partial charge in [0, 0.05) is 6.42 Å². The van der Waals surface area contributed by atoms with E-state index in [2.05, 4.69) is 37.2 Å². The Bertz CT molecular complexity index is 2080. The van der Waals surface area contributed by atoms with Crippen LogP contribution in [0.15, 0.2) is 24.3 Å². The summed E-state index contributed by atoms with van der Waals surface area (Å²) in [6.07, 6.45) is 3.09. The smallest absolute Gasteiger partial charge is 0.408 e. The molecule has 3 rings (SSSR count). The van der Waals surface area contributed by atoms with E-state index in [1.54, 1.807) is 93.5 Å². The first-order chi connectivity index (χ1) is 33.2. The molecular weight excluding hydrogens is 929 g/mol. The van der Waals surface area contributed by atoms with Crippen molar-refractivity contribution in [2.75, 3.05) is 6.54 Å². The van der Waals surface area contributed by atoms with Gasteiger partial charge in [0.25, 0.3) is 0 Å². The number of esters is 1. The van der Waals surface area contributed by atoms with Crippen molar-refractivity contribution in [2.45, 2.75) is 219 Å². The maximum atomic E-state index is 15.0. The number of alkyl carbamates (subject to hydrolysis) is 1. The molecule has 2 aliphatic rings. The van der Waals surface area contributed by atoms with E-state index in [9.17, 15) is 38.4 Å². The lowest BCUT2D eigenvalue weighted by atomic mass is 9.77. The molecule has 1 aromatic carbocycles. The highest BCUT2D eigenvalue weighted by molar-refractivity contribution is 6.01. The van der Waals surface area contributed by atoms with Gasteiger partial charge in [0.05, 0.1) is 13.0 Å². The lowest BCUT2D eigenvalue weighted by Crippen LogP contribution is -2.69. The van der Waals surface area contributed by atoms with Gasteiger partial charge in [-0.3, -0.25) is 38.4 Å². The monoisotopic (exact) mass is 1010 g/mol. The average molecular weight is 1010 g/mol. The molecule has 2 aliphatic carbocycles. The highest BCUT2D eigenvalue weighted by atomic mass is 16.6. The van der Waals surface area contributed by atoms with Crippen molar-refractivity contribution in [3.8, 4) is 5.75 Å². The number of hydrogen-bond donors (Lipinski definition) is 8. The van der Waals surface area contributed by atoms with Crippen molar-refractivity contribution >= 4 is 53.4 Å². The Hall–Kier alpha value is -5.95. The van der Waals surface area contributed by atoms with Crippen LogP contribution in [0, 0.1) is 11.8 Å². The second-order valence-electron chi connectivity index (χ2n) is 23.0. The molecule has 2 fully saturated rings. The Morgan fingerprint density at radius 1 is 0.556 bits per heavy atom. The highest BCUT2D eigenvalue weighted by Gasteiger charge is 2.49. The number of ether oxygens (including phenoxy) is 3. The molecule has 404 valence electrons. The summed E-state index contributed by atoms with van der Waals surface area (Å²) in [6, 6.07) is 1.96. The van der Waals surface area contributed by atoms with E-state index in [1.165, 1.54) is 0 Å². The second kappa shape index (κ2) is 25.6. The van der Waals surface area contributed by atoms with Crippen LogP contribution in [0.3, 0.4) is 0 Å². The number of carbonyl (C=O) groups excluding carboxylic acids is 9. The fraction of sp³-hybridized carbons (Fsp3) is 0.712. The van der Waals surface area contributed by atoms with Crippen molar-refractivity contribution in [3.63, 3.8) is 0 Å². The number of amides is 8. The van der Waals surface area contributed by atoms with Crippen molar-refractivity contribution in [1.82, 2.24) is 37.2 Å². The zero-order valence-electron chi connectivity index (χ0n) is 44.9. The summed E-state index contributed by atoms with van der Waals surface area (Å²) < 4.78 is 17.1. The summed E-state index contributed by atoms with van der Waals surface area (Å²) in [5.74, 6) is -6.31. The molecule has 1 aromatic rings. The molecule has 20 nitrogen and oxygen atoms in total. The molecule has 0 aromatic heterocycles. The number of rotatable bonds is 21. The van der Waals surface area contributed by atoms with Crippen molar-refractivity contribution in [2.24, 2.45) is 17.6 Å². The van der Waals surface area contributed by atoms with E-state index < -0.39 is 130 Å². The maximum absolute atomic E-state index is 15.0. The molecule has 4 atom stereocenters. The van der Waals surface area contributed by atoms with Crippen molar-refractivity contribution in [1.29, 1.82) is 0 Å². The van der Waals surface area contributed by atoms with E-state index in [-0.39, 0.29) is 32.1 Å². The molecule has 8 amide bonds. The fourth-order valence-corrected chi connectivity index (χ4v) is 8.64. The minimum Gasteiger partial charge on any atom is -0.488 e. The van der Waals surface area contributed by atoms with Crippen LogP contribution >= 0.6 is 0 Å². The van der Waals surface area contributed by atoms with Crippen molar-refractivity contribution in [3.05, 3.63) is 29.8 Å². The quantitative estimate of drug-likeness (QED) is 0.0811. The lowest BCUT2D eigenvalue weighted by molar-refractivity contribution is -0.157. The number of primary amides is 1. The molecule has 0 spiro atoms. The van der Waals surface area contributed by atoms with Crippen LogP contribution in [0.4, 0.5) is 4.79 Å². The highest BCUT2D eigenvalue weighted by Crippen LogP contribution is 2.34. The van der Waals surface area contributed by atoms with Crippen LogP contribution in [0.1, 0.15) is 166 Å². The summed E-state index contributed by atoms with van der Waals surface area (Å²) in [7, 11) is 0. The third-order valence-corrected chi connectivity index (χ3v) is 12.1. The van der Waals surface area contributed by atoms with Gasteiger partial charge in [-0.05, 0) is 118 Å².